The van der Waals surface area contributed by atoms with E-state index in [9.17, 15) is 9.18 Å². The fourth-order valence-electron chi connectivity index (χ4n) is 2.20. The Hall–Kier alpha value is -3.67. The number of hydrogen-bond donors (Lipinski definition) is 1. The maximum atomic E-state index is 13.4. The molecule has 6 heteroatoms. The summed E-state index contributed by atoms with van der Waals surface area (Å²) in [4.78, 5) is 16.7. The summed E-state index contributed by atoms with van der Waals surface area (Å²) in [5.74, 6) is 0.602. The van der Waals surface area contributed by atoms with Crippen molar-refractivity contribution in [2.24, 2.45) is 5.16 Å². The molecule has 3 rings (SSSR count). The number of amides is 1. The van der Waals surface area contributed by atoms with Gasteiger partial charge in [-0.3, -0.25) is 4.79 Å². The van der Waals surface area contributed by atoms with Crippen LogP contribution < -0.4 is 10.1 Å². The first-order valence-corrected chi connectivity index (χ1v) is 8.23. The van der Waals surface area contributed by atoms with Crippen molar-refractivity contribution >= 4 is 17.8 Å². The Morgan fingerprint density at radius 1 is 0.926 bits per heavy atom. The Bertz CT molecular complexity index is 912. The second-order valence-corrected chi connectivity index (χ2v) is 5.52. The first kappa shape index (κ1) is 18.1. The van der Waals surface area contributed by atoms with Crippen LogP contribution in [-0.4, -0.2) is 18.7 Å². The van der Waals surface area contributed by atoms with Gasteiger partial charge in [-0.15, -0.1) is 0 Å². The van der Waals surface area contributed by atoms with E-state index in [1.54, 1.807) is 42.5 Å². The molecule has 0 aliphatic rings. The molecule has 0 saturated carbocycles. The second-order valence-electron chi connectivity index (χ2n) is 5.52. The van der Waals surface area contributed by atoms with Crippen LogP contribution in [0.2, 0.25) is 0 Å². The van der Waals surface area contributed by atoms with Crippen molar-refractivity contribution in [2.45, 2.75) is 0 Å². The van der Waals surface area contributed by atoms with E-state index in [-0.39, 0.29) is 18.1 Å². The highest BCUT2D eigenvalue weighted by Gasteiger charge is 2.04. The summed E-state index contributed by atoms with van der Waals surface area (Å²) in [7, 11) is 0. The van der Waals surface area contributed by atoms with E-state index in [2.05, 4.69) is 10.5 Å². The molecule has 0 saturated heterocycles. The Morgan fingerprint density at radius 3 is 2.33 bits per heavy atom. The Balaban J connectivity index is 1.46. The number of halogens is 1. The number of ether oxygens (including phenoxy) is 1. The number of anilines is 1. The molecule has 0 atom stereocenters. The molecule has 136 valence electrons. The quantitative estimate of drug-likeness (QED) is 0.492. The molecular formula is C21H17FN2O3. The molecule has 1 N–H and O–H groups in total. The summed E-state index contributed by atoms with van der Waals surface area (Å²) in [5.41, 5.74) is 0.883. The van der Waals surface area contributed by atoms with Gasteiger partial charge in [0.15, 0.2) is 6.61 Å². The summed E-state index contributed by atoms with van der Waals surface area (Å²) >= 11 is 0. The summed E-state index contributed by atoms with van der Waals surface area (Å²) in [6.45, 7) is -0.285. The van der Waals surface area contributed by atoms with Gasteiger partial charge >= 0.3 is 0 Å². The topological polar surface area (TPSA) is 59.9 Å². The Kier molecular flexibility index (Phi) is 6.14. The van der Waals surface area contributed by atoms with Gasteiger partial charge in [0.2, 0.25) is 0 Å². The second kappa shape index (κ2) is 9.15. The number of nitrogens with zero attached hydrogens (tertiary/aromatic N) is 1. The molecule has 0 fully saturated rings. The van der Waals surface area contributed by atoms with Gasteiger partial charge in [0.1, 0.15) is 17.3 Å². The molecular weight excluding hydrogens is 347 g/mol. The van der Waals surface area contributed by atoms with Crippen LogP contribution in [0.1, 0.15) is 5.56 Å². The number of nitrogens with one attached hydrogen (secondary N) is 1. The molecule has 3 aromatic carbocycles. The number of carbonyl (C=O) groups excluding carboxylic acids is 1. The van der Waals surface area contributed by atoms with Gasteiger partial charge in [0.05, 0.1) is 6.21 Å². The average molecular weight is 364 g/mol. The zero-order valence-corrected chi connectivity index (χ0v) is 14.3. The van der Waals surface area contributed by atoms with E-state index in [0.29, 0.717) is 11.4 Å². The highest BCUT2D eigenvalue weighted by atomic mass is 19.1. The predicted molar refractivity (Wildman–Crippen MR) is 102 cm³/mol. The van der Waals surface area contributed by atoms with Gasteiger partial charge < -0.3 is 14.9 Å². The molecule has 1 amide bonds. The molecule has 0 bridgehead atoms. The molecule has 0 spiro atoms. The van der Waals surface area contributed by atoms with Crippen molar-refractivity contribution in [2.75, 3.05) is 11.9 Å². The van der Waals surface area contributed by atoms with Gasteiger partial charge in [-0.25, -0.2) is 4.39 Å². The lowest BCUT2D eigenvalue weighted by Gasteiger charge is -2.07. The lowest BCUT2D eigenvalue weighted by Crippen LogP contribution is -2.16. The summed E-state index contributed by atoms with van der Waals surface area (Å²) in [6, 6.07) is 22.5. The van der Waals surface area contributed by atoms with Crippen molar-refractivity contribution < 1.29 is 18.8 Å². The van der Waals surface area contributed by atoms with Gasteiger partial charge in [0, 0.05) is 11.3 Å². The Labute approximate surface area is 156 Å². The number of benzene rings is 3. The van der Waals surface area contributed by atoms with E-state index in [4.69, 9.17) is 9.57 Å². The molecule has 0 aliphatic carbocycles. The molecule has 3 aromatic rings. The standard InChI is InChI=1S/C21H17FN2O3/c22-20-9-5-4-6-16(20)14-23-26-15-21(25)24-17-10-12-19(13-11-17)27-18-7-2-1-3-8-18/h1-14H,15H2,(H,24,25)/b23-14-. The first-order valence-electron chi connectivity index (χ1n) is 8.23. The minimum atomic E-state index is -0.410. The number of rotatable bonds is 7. The van der Waals surface area contributed by atoms with Crippen LogP contribution in [-0.2, 0) is 9.63 Å². The van der Waals surface area contributed by atoms with Gasteiger partial charge in [-0.1, -0.05) is 41.6 Å². The average Bonchev–Trinajstić information content (AvgIpc) is 2.69. The number of para-hydroxylation sites is 1. The van der Waals surface area contributed by atoms with Crippen LogP contribution in [0.25, 0.3) is 0 Å². The predicted octanol–water partition coefficient (Wildman–Crippen LogP) is 4.61. The van der Waals surface area contributed by atoms with Crippen molar-refractivity contribution in [3.63, 3.8) is 0 Å². The van der Waals surface area contributed by atoms with E-state index in [1.807, 2.05) is 30.3 Å². The molecule has 0 unspecified atom stereocenters. The minimum Gasteiger partial charge on any atom is -0.457 e. The smallest absolute Gasteiger partial charge is 0.265 e. The van der Waals surface area contributed by atoms with Crippen LogP contribution in [0.4, 0.5) is 10.1 Å². The zero-order valence-electron chi connectivity index (χ0n) is 14.3. The van der Waals surface area contributed by atoms with Gasteiger partial charge in [-0.2, -0.15) is 0 Å². The van der Waals surface area contributed by atoms with Crippen molar-refractivity contribution in [1.29, 1.82) is 0 Å². The summed E-state index contributed by atoms with van der Waals surface area (Å²) in [5, 5.41) is 6.27. The molecule has 0 radical (unpaired) electrons. The van der Waals surface area contributed by atoms with Crippen molar-refractivity contribution in [1.82, 2.24) is 0 Å². The number of oxime groups is 1. The first-order chi connectivity index (χ1) is 13.2. The molecule has 27 heavy (non-hydrogen) atoms. The number of carbonyl (C=O) groups is 1. The lowest BCUT2D eigenvalue weighted by molar-refractivity contribution is -0.120. The highest BCUT2D eigenvalue weighted by molar-refractivity contribution is 5.91. The molecule has 0 heterocycles. The van der Waals surface area contributed by atoms with Crippen LogP contribution in [0, 0.1) is 5.82 Å². The third-order valence-electron chi connectivity index (χ3n) is 3.48. The molecule has 5 nitrogen and oxygen atoms in total. The lowest BCUT2D eigenvalue weighted by atomic mass is 10.2. The van der Waals surface area contributed by atoms with E-state index in [1.165, 1.54) is 12.3 Å². The third kappa shape index (κ3) is 5.67. The van der Waals surface area contributed by atoms with E-state index < -0.39 is 5.82 Å². The maximum absolute atomic E-state index is 13.4. The van der Waals surface area contributed by atoms with Gasteiger partial charge in [-0.05, 0) is 42.5 Å². The van der Waals surface area contributed by atoms with Crippen LogP contribution in [0.15, 0.2) is 84.0 Å². The zero-order chi connectivity index (χ0) is 18.9. The highest BCUT2D eigenvalue weighted by Crippen LogP contribution is 2.22. The SMILES string of the molecule is O=C(CO/N=C\c1ccccc1F)Nc1ccc(Oc2ccccc2)cc1. The Morgan fingerprint density at radius 2 is 1.59 bits per heavy atom. The van der Waals surface area contributed by atoms with Crippen LogP contribution in [0.3, 0.4) is 0 Å². The summed E-state index contributed by atoms with van der Waals surface area (Å²) < 4.78 is 19.1. The molecule has 0 aromatic heterocycles. The minimum absolute atomic E-state index is 0.284. The van der Waals surface area contributed by atoms with Crippen molar-refractivity contribution in [3.05, 3.63) is 90.2 Å². The monoisotopic (exact) mass is 364 g/mol. The molecule has 0 aliphatic heterocycles. The number of hydrogen-bond acceptors (Lipinski definition) is 4. The fourth-order valence-corrected chi connectivity index (χ4v) is 2.20. The maximum Gasteiger partial charge on any atom is 0.265 e. The largest absolute Gasteiger partial charge is 0.457 e. The normalized spacial score (nSPS) is 10.6. The van der Waals surface area contributed by atoms with E-state index in [0.717, 1.165) is 5.75 Å². The van der Waals surface area contributed by atoms with Crippen molar-refractivity contribution in [3.8, 4) is 11.5 Å². The van der Waals surface area contributed by atoms with E-state index >= 15 is 0 Å². The van der Waals surface area contributed by atoms with Gasteiger partial charge in [0.25, 0.3) is 5.91 Å². The fraction of sp³-hybridized carbons (Fsp3) is 0.0476. The third-order valence-corrected chi connectivity index (χ3v) is 3.48. The summed E-state index contributed by atoms with van der Waals surface area (Å²) in [6.07, 6.45) is 1.22. The van der Waals surface area contributed by atoms with Crippen LogP contribution in [0.5, 0.6) is 11.5 Å². The van der Waals surface area contributed by atoms with Crippen LogP contribution >= 0.6 is 0 Å².